The molecule has 0 saturated carbocycles. The Bertz CT molecular complexity index is 444. The van der Waals surface area contributed by atoms with E-state index < -0.39 is 0 Å². The van der Waals surface area contributed by atoms with Gasteiger partial charge in [-0.15, -0.1) is 0 Å². The number of aliphatic hydroxyl groups excluding tert-OH is 1. The predicted molar refractivity (Wildman–Crippen MR) is 75.7 cm³/mol. The van der Waals surface area contributed by atoms with Gasteiger partial charge in [-0.3, -0.25) is 4.90 Å². The van der Waals surface area contributed by atoms with Gasteiger partial charge in [-0.2, -0.15) is 0 Å². The molecule has 3 nitrogen and oxygen atoms in total. The van der Waals surface area contributed by atoms with Crippen LogP contribution in [0, 0.1) is 11.8 Å². The zero-order chi connectivity index (χ0) is 13.5. The van der Waals surface area contributed by atoms with Crippen molar-refractivity contribution in [3.63, 3.8) is 0 Å². The molecule has 1 unspecified atom stereocenters. The van der Waals surface area contributed by atoms with Crippen LogP contribution in [0.2, 0.25) is 0 Å². The lowest BCUT2D eigenvalue weighted by atomic mass is 10.1. The number of benzene rings is 1. The molecule has 0 aliphatic carbocycles. The number of hydrogen-bond donors (Lipinski definition) is 1. The summed E-state index contributed by atoms with van der Waals surface area (Å²) >= 11 is 0. The lowest BCUT2D eigenvalue weighted by Gasteiger charge is -2.33. The molecule has 0 spiro atoms. The van der Waals surface area contributed by atoms with Crippen molar-refractivity contribution in [2.75, 3.05) is 26.4 Å². The maximum absolute atomic E-state index is 8.68. The molecule has 1 aromatic rings. The quantitative estimate of drug-likeness (QED) is 0.838. The van der Waals surface area contributed by atoms with Crippen LogP contribution in [0.4, 0.5) is 0 Å². The van der Waals surface area contributed by atoms with Crippen LogP contribution >= 0.6 is 0 Å². The highest BCUT2D eigenvalue weighted by molar-refractivity contribution is 5.36. The SMILES string of the molecule is CC1COCCN1Cc1ccc(C#CCCO)cc1. The molecular weight excluding hydrogens is 238 g/mol. The normalized spacial score (nSPS) is 19.8. The van der Waals surface area contributed by atoms with Crippen molar-refractivity contribution in [3.8, 4) is 11.8 Å². The Hall–Kier alpha value is -1.34. The van der Waals surface area contributed by atoms with Crippen LogP contribution in [0.25, 0.3) is 0 Å². The fourth-order valence-electron chi connectivity index (χ4n) is 2.14. The predicted octanol–water partition coefficient (Wildman–Crippen LogP) is 1.64. The van der Waals surface area contributed by atoms with Gasteiger partial charge in [0, 0.05) is 31.1 Å². The molecule has 0 bridgehead atoms. The summed E-state index contributed by atoms with van der Waals surface area (Å²) in [6.45, 7) is 5.95. The van der Waals surface area contributed by atoms with Gasteiger partial charge in [0.05, 0.1) is 19.8 Å². The molecule has 1 saturated heterocycles. The molecule has 1 atom stereocenters. The van der Waals surface area contributed by atoms with Crippen molar-refractivity contribution >= 4 is 0 Å². The minimum Gasteiger partial charge on any atom is -0.395 e. The van der Waals surface area contributed by atoms with E-state index in [9.17, 15) is 0 Å². The fourth-order valence-corrected chi connectivity index (χ4v) is 2.14. The van der Waals surface area contributed by atoms with E-state index in [1.54, 1.807) is 0 Å². The Labute approximate surface area is 115 Å². The van der Waals surface area contributed by atoms with Gasteiger partial charge in [0.2, 0.25) is 0 Å². The first-order chi connectivity index (χ1) is 9.29. The Balaban J connectivity index is 1.93. The van der Waals surface area contributed by atoms with Crippen LogP contribution in [0.3, 0.4) is 0 Å². The second-order valence-electron chi connectivity index (χ2n) is 4.87. The van der Waals surface area contributed by atoms with Crippen molar-refractivity contribution in [2.45, 2.75) is 25.9 Å². The molecule has 0 aromatic heterocycles. The van der Waals surface area contributed by atoms with Crippen molar-refractivity contribution in [1.29, 1.82) is 0 Å². The van der Waals surface area contributed by atoms with Crippen LogP contribution in [-0.2, 0) is 11.3 Å². The van der Waals surface area contributed by atoms with Gasteiger partial charge in [0.1, 0.15) is 0 Å². The molecule has 1 heterocycles. The Kier molecular flexibility index (Phi) is 5.41. The molecule has 0 radical (unpaired) electrons. The van der Waals surface area contributed by atoms with Gasteiger partial charge in [-0.1, -0.05) is 24.0 Å². The number of morpholine rings is 1. The average molecular weight is 259 g/mol. The zero-order valence-electron chi connectivity index (χ0n) is 11.4. The molecule has 19 heavy (non-hydrogen) atoms. The smallest absolute Gasteiger partial charge is 0.0619 e. The van der Waals surface area contributed by atoms with E-state index >= 15 is 0 Å². The van der Waals surface area contributed by atoms with Gasteiger partial charge >= 0.3 is 0 Å². The van der Waals surface area contributed by atoms with Gasteiger partial charge in [-0.25, -0.2) is 0 Å². The third-order valence-corrected chi connectivity index (χ3v) is 3.31. The maximum atomic E-state index is 8.68. The van der Waals surface area contributed by atoms with Crippen molar-refractivity contribution < 1.29 is 9.84 Å². The van der Waals surface area contributed by atoms with Gasteiger partial charge < -0.3 is 9.84 Å². The van der Waals surface area contributed by atoms with Crippen LogP contribution in [0.5, 0.6) is 0 Å². The molecule has 2 rings (SSSR count). The first-order valence-corrected chi connectivity index (χ1v) is 6.80. The number of nitrogens with zero attached hydrogens (tertiary/aromatic N) is 1. The number of rotatable bonds is 3. The molecule has 1 fully saturated rings. The van der Waals surface area contributed by atoms with Gasteiger partial charge in [0.15, 0.2) is 0 Å². The lowest BCUT2D eigenvalue weighted by Crippen LogP contribution is -2.42. The molecule has 1 aliphatic heterocycles. The highest BCUT2D eigenvalue weighted by Crippen LogP contribution is 2.12. The third-order valence-electron chi connectivity index (χ3n) is 3.31. The minimum atomic E-state index is 0.125. The van der Waals surface area contributed by atoms with E-state index in [0.717, 1.165) is 31.9 Å². The van der Waals surface area contributed by atoms with Crippen molar-refractivity contribution in [1.82, 2.24) is 4.90 Å². The number of ether oxygens (including phenoxy) is 1. The molecule has 1 aromatic carbocycles. The van der Waals surface area contributed by atoms with E-state index in [2.05, 4.69) is 35.8 Å². The summed E-state index contributed by atoms with van der Waals surface area (Å²) < 4.78 is 5.44. The summed E-state index contributed by atoms with van der Waals surface area (Å²) in [6.07, 6.45) is 0.535. The fraction of sp³-hybridized carbons (Fsp3) is 0.500. The minimum absolute atomic E-state index is 0.125. The number of hydrogen-bond acceptors (Lipinski definition) is 3. The summed E-state index contributed by atoms with van der Waals surface area (Å²) in [7, 11) is 0. The van der Waals surface area contributed by atoms with Gasteiger partial charge in [-0.05, 0) is 24.6 Å². The standard InChI is InChI=1S/C16H21NO2/c1-14-13-19-11-9-17(14)12-16-7-5-15(6-8-16)4-2-3-10-18/h5-8,14,18H,3,9-13H2,1H3. The summed E-state index contributed by atoms with van der Waals surface area (Å²) in [6, 6.07) is 8.84. The van der Waals surface area contributed by atoms with E-state index in [0.29, 0.717) is 12.5 Å². The summed E-state index contributed by atoms with van der Waals surface area (Å²) in [4.78, 5) is 2.44. The highest BCUT2D eigenvalue weighted by atomic mass is 16.5. The Morgan fingerprint density at radius 3 is 2.84 bits per heavy atom. The van der Waals surface area contributed by atoms with Crippen LogP contribution in [0.15, 0.2) is 24.3 Å². The third kappa shape index (κ3) is 4.36. The largest absolute Gasteiger partial charge is 0.395 e. The summed E-state index contributed by atoms with van der Waals surface area (Å²) in [5.74, 6) is 5.97. The molecule has 3 heteroatoms. The first-order valence-electron chi connectivity index (χ1n) is 6.80. The molecular formula is C16H21NO2. The van der Waals surface area contributed by atoms with E-state index in [1.165, 1.54) is 5.56 Å². The van der Waals surface area contributed by atoms with Crippen molar-refractivity contribution in [3.05, 3.63) is 35.4 Å². The maximum Gasteiger partial charge on any atom is 0.0619 e. The number of aliphatic hydroxyl groups is 1. The Morgan fingerprint density at radius 2 is 2.16 bits per heavy atom. The summed E-state index contributed by atoms with van der Waals surface area (Å²) in [5.41, 5.74) is 2.31. The molecule has 1 aliphatic rings. The second kappa shape index (κ2) is 7.30. The molecule has 0 amide bonds. The zero-order valence-corrected chi connectivity index (χ0v) is 11.4. The molecule has 102 valence electrons. The lowest BCUT2D eigenvalue weighted by molar-refractivity contribution is -0.00436. The average Bonchev–Trinajstić information content (AvgIpc) is 2.44. The van der Waals surface area contributed by atoms with Crippen molar-refractivity contribution in [2.24, 2.45) is 0 Å². The first kappa shape index (κ1) is 14.1. The van der Waals surface area contributed by atoms with Crippen LogP contribution in [-0.4, -0.2) is 42.4 Å². The highest BCUT2D eigenvalue weighted by Gasteiger charge is 2.18. The Morgan fingerprint density at radius 1 is 1.37 bits per heavy atom. The monoisotopic (exact) mass is 259 g/mol. The topological polar surface area (TPSA) is 32.7 Å². The second-order valence-corrected chi connectivity index (χ2v) is 4.87. The summed E-state index contributed by atoms with van der Waals surface area (Å²) in [5, 5.41) is 8.68. The van der Waals surface area contributed by atoms with E-state index in [4.69, 9.17) is 9.84 Å². The molecule has 1 N–H and O–H groups in total. The van der Waals surface area contributed by atoms with Gasteiger partial charge in [0.25, 0.3) is 0 Å². The van der Waals surface area contributed by atoms with E-state index in [-0.39, 0.29) is 6.61 Å². The van der Waals surface area contributed by atoms with E-state index in [1.807, 2.05) is 12.1 Å². The van der Waals surface area contributed by atoms with Crippen LogP contribution in [0.1, 0.15) is 24.5 Å². The van der Waals surface area contributed by atoms with Crippen LogP contribution < -0.4 is 0 Å².